The molecule has 0 aliphatic carbocycles. The molecule has 1 aromatic heterocycles. The zero-order valence-electron chi connectivity index (χ0n) is 11.6. The molecule has 3 N–H and O–H groups in total. The van der Waals surface area contributed by atoms with Crippen LogP contribution in [0, 0.1) is 0 Å². The molecule has 0 aliphatic rings. The number of thioether (sulfide) groups is 1. The quantitative estimate of drug-likeness (QED) is 0.552. The van der Waals surface area contributed by atoms with Crippen LogP contribution in [0.1, 0.15) is 18.7 Å². The summed E-state index contributed by atoms with van der Waals surface area (Å²) in [5.41, 5.74) is 7.36. The molecule has 0 aliphatic heterocycles. The number of anilines is 1. The number of benzene rings is 2. The SMILES string of the molecule is CCSc1nsc(NC(N)c2cccc3ccccc23)n1. The smallest absolute Gasteiger partial charge is 0.204 e. The molecule has 4 nitrogen and oxygen atoms in total. The number of fused-ring (bicyclic) bond motifs is 1. The summed E-state index contributed by atoms with van der Waals surface area (Å²) >= 11 is 2.97. The molecule has 3 rings (SSSR count). The van der Waals surface area contributed by atoms with Crippen LogP contribution < -0.4 is 11.1 Å². The lowest BCUT2D eigenvalue weighted by molar-refractivity contribution is 0.838. The molecule has 1 heterocycles. The van der Waals surface area contributed by atoms with E-state index in [1.807, 2.05) is 24.3 Å². The molecule has 1 atom stereocenters. The first kappa shape index (κ1) is 14.3. The Morgan fingerprint density at radius 1 is 1.24 bits per heavy atom. The summed E-state index contributed by atoms with van der Waals surface area (Å²) in [6, 6.07) is 14.4. The van der Waals surface area contributed by atoms with E-state index in [0.29, 0.717) is 0 Å². The van der Waals surface area contributed by atoms with Crippen molar-refractivity contribution in [2.45, 2.75) is 18.2 Å². The van der Waals surface area contributed by atoms with E-state index in [2.05, 4.69) is 39.8 Å². The first-order valence-electron chi connectivity index (χ1n) is 6.74. The molecule has 108 valence electrons. The number of hydrogen-bond donors (Lipinski definition) is 2. The molecule has 0 saturated heterocycles. The van der Waals surface area contributed by atoms with Gasteiger partial charge in [0.15, 0.2) is 0 Å². The van der Waals surface area contributed by atoms with Crippen LogP contribution in [0.4, 0.5) is 5.13 Å². The number of aromatic nitrogens is 2. The fraction of sp³-hybridized carbons (Fsp3) is 0.200. The van der Waals surface area contributed by atoms with Gasteiger partial charge in [0, 0.05) is 11.5 Å². The van der Waals surface area contributed by atoms with E-state index in [9.17, 15) is 0 Å². The van der Waals surface area contributed by atoms with Gasteiger partial charge in [-0.1, -0.05) is 61.2 Å². The first-order chi connectivity index (χ1) is 10.3. The number of hydrogen-bond acceptors (Lipinski definition) is 6. The van der Waals surface area contributed by atoms with Crippen LogP contribution in [-0.4, -0.2) is 15.1 Å². The maximum absolute atomic E-state index is 6.30. The third-order valence-electron chi connectivity index (χ3n) is 3.12. The van der Waals surface area contributed by atoms with Gasteiger partial charge in [-0.2, -0.15) is 9.36 Å². The molecule has 0 saturated carbocycles. The van der Waals surface area contributed by atoms with Crippen LogP contribution in [0.15, 0.2) is 47.6 Å². The van der Waals surface area contributed by atoms with E-state index >= 15 is 0 Å². The van der Waals surface area contributed by atoms with Crippen molar-refractivity contribution in [2.24, 2.45) is 5.73 Å². The minimum Gasteiger partial charge on any atom is -0.341 e. The lowest BCUT2D eigenvalue weighted by Crippen LogP contribution is -2.20. The Morgan fingerprint density at radius 3 is 2.90 bits per heavy atom. The van der Waals surface area contributed by atoms with Crippen LogP contribution in [0.3, 0.4) is 0 Å². The van der Waals surface area contributed by atoms with Gasteiger partial charge in [0.1, 0.15) is 6.17 Å². The minimum atomic E-state index is -0.302. The number of nitrogens with one attached hydrogen (secondary N) is 1. The van der Waals surface area contributed by atoms with Gasteiger partial charge in [-0.25, -0.2) is 0 Å². The van der Waals surface area contributed by atoms with Crippen molar-refractivity contribution in [3.8, 4) is 0 Å². The van der Waals surface area contributed by atoms with Gasteiger partial charge in [-0.3, -0.25) is 0 Å². The van der Waals surface area contributed by atoms with Crippen LogP contribution in [0.5, 0.6) is 0 Å². The molecule has 0 radical (unpaired) electrons. The summed E-state index contributed by atoms with van der Waals surface area (Å²) in [5, 5.41) is 7.14. The summed E-state index contributed by atoms with van der Waals surface area (Å²) in [6.07, 6.45) is -0.302. The Kier molecular flexibility index (Phi) is 4.38. The summed E-state index contributed by atoms with van der Waals surface area (Å²) < 4.78 is 4.29. The van der Waals surface area contributed by atoms with E-state index < -0.39 is 0 Å². The first-order valence-corrected chi connectivity index (χ1v) is 8.50. The lowest BCUT2D eigenvalue weighted by atomic mass is 10.0. The van der Waals surface area contributed by atoms with Gasteiger partial charge in [-0.05, 0) is 22.1 Å². The minimum absolute atomic E-state index is 0.302. The fourth-order valence-corrected chi connectivity index (χ4v) is 3.50. The summed E-state index contributed by atoms with van der Waals surface area (Å²) in [6.45, 7) is 2.08. The lowest BCUT2D eigenvalue weighted by Gasteiger charge is -2.15. The third kappa shape index (κ3) is 3.18. The second kappa shape index (κ2) is 6.43. The zero-order valence-corrected chi connectivity index (χ0v) is 13.2. The molecule has 2 aromatic carbocycles. The maximum atomic E-state index is 6.30. The monoisotopic (exact) mass is 316 g/mol. The van der Waals surface area contributed by atoms with Crippen molar-refractivity contribution in [3.05, 3.63) is 48.0 Å². The van der Waals surface area contributed by atoms with Crippen molar-refractivity contribution < 1.29 is 0 Å². The van der Waals surface area contributed by atoms with Crippen LogP contribution in [0.25, 0.3) is 10.8 Å². The molecule has 0 amide bonds. The van der Waals surface area contributed by atoms with Crippen molar-refractivity contribution in [2.75, 3.05) is 11.1 Å². The van der Waals surface area contributed by atoms with Gasteiger partial charge >= 0.3 is 0 Å². The van der Waals surface area contributed by atoms with Gasteiger partial charge < -0.3 is 11.1 Å². The zero-order chi connectivity index (χ0) is 14.7. The van der Waals surface area contributed by atoms with Crippen molar-refractivity contribution in [3.63, 3.8) is 0 Å². The van der Waals surface area contributed by atoms with Gasteiger partial charge in [0.2, 0.25) is 10.3 Å². The molecular formula is C15H16N4S2. The molecule has 3 aromatic rings. The van der Waals surface area contributed by atoms with E-state index in [4.69, 9.17) is 5.73 Å². The van der Waals surface area contributed by atoms with Crippen molar-refractivity contribution in [1.82, 2.24) is 9.36 Å². The van der Waals surface area contributed by atoms with E-state index in [1.165, 1.54) is 16.9 Å². The Bertz CT molecular complexity index is 736. The molecule has 1 unspecified atom stereocenters. The van der Waals surface area contributed by atoms with E-state index in [-0.39, 0.29) is 6.17 Å². The normalized spacial score (nSPS) is 12.5. The summed E-state index contributed by atoms with van der Waals surface area (Å²) in [4.78, 5) is 4.42. The Morgan fingerprint density at radius 2 is 2.05 bits per heavy atom. The third-order valence-corrected chi connectivity index (χ3v) is 4.61. The highest BCUT2D eigenvalue weighted by molar-refractivity contribution is 7.99. The highest BCUT2D eigenvalue weighted by Gasteiger charge is 2.12. The topological polar surface area (TPSA) is 63.8 Å². The number of nitrogens with two attached hydrogens (primary N) is 1. The predicted octanol–water partition coefficient (Wildman–Crippen LogP) is 3.87. The highest BCUT2D eigenvalue weighted by Crippen LogP contribution is 2.26. The summed E-state index contributed by atoms with van der Waals surface area (Å²) in [5.74, 6) is 0.964. The van der Waals surface area contributed by atoms with Gasteiger partial charge in [0.25, 0.3) is 0 Å². The van der Waals surface area contributed by atoms with Crippen molar-refractivity contribution in [1.29, 1.82) is 0 Å². The average molecular weight is 316 g/mol. The highest BCUT2D eigenvalue weighted by atomic mass is 32.2. The molecule has 0 bridgehead atoms. The second-order valence-corrected chi connectivity index (χ2v) is 6.49. The second-order valence-electron chi connectivity index (χ2n) is 4.51. The summed E-state index contributed by atoms with van der Waals surface area (Å²) in [7, 11) is 0. The maximum Gasteiger partial charge on any atom is 0.204 e. The Balaban J connectivity index is 1.84. The van der Waals surface area contributed by atoms with Gasteiger partial charge in [-0.15, -0.1) is 0 Å². The Hall–Kier alpha value is -1.63. The largest absolute Gasteiger partial charge is 0.341 e. The van der Waals surface area contributed by atoms with E-state index in [0.717, 1.165) is 27.0 Å². The fourth-order valence-electron chi connectivity index (χ4n) is 2.19. The predicted molar refractivity (Wildman–Crippen MR) is 90.8 cm³/mol. The molecule has 0 fully saturated rings. The number of nitrogens with zero attached hydrogens (tertiary/aromatic N) is 2. The molecule has 21 heavy (non-hydrogen) atoms. The van der Waals surface area contributed by atoms with E-state index in [1.54, 1.807) is 11.8 Å². The average Bonchev–Trinajstić information content (AvgIpc) is 2.94. The van der Waals surface area contributed by atoms with Crippen LogP contribution in [-0.2, 0) is 0 Å². The van der Waals surface area contributed by atoms with Gasteiger partial charge in [0.05, 0.1) is 0 Å². The Labute approximate surface area is 131 Å². The molecular weight excluding hydrogens is 300 g/mol. The standard InChI is InChI=1S/C15H16N4S2/c1-2-20-15-18-14(21-19-15)17-13(16)12-9-5-7-10-6-3-4-8-11(10)12/h3-9,13H,2,16H2,1H3,(H,17,18,19). The molecule has 6 heteroatoms. The van der Waals surface area contributed by atoms with Crippen LogP contribution >= 0.6 is 23.3 Å². The molecule has 0 spiro atoms. The number of rotatable bonds is 5. The van der Waals surface area contributed by atoms with Crippen LogP contribution in [0.2, 0.25) is 0 Å². The van der Waals surface area contributed by atoms with Crippen molar-refractivity contribution >= 4 is 39.2 Å².